The third-order valence-electron chi connectivity index (χ3n) is 4.39. The average Bonchev–Trinajstić information content (AvgIpc) is 2.97. The molecule has 0 aromatic heterocycles. The van der Waals surface area contributed by atoms with Crippen LogP contribution in [0.3, 0.4) is 0 Å². The van der Waals surface area contributed by atoms with Crippen LogP contribution in [0.25, 0.3) is 0 Å². The van der Waals surface area contributed by atoms with Crippen LogP contribution in [0.2, 0.25) is 0 Å². The van der Waals surface area contributed by atoms with Gasteiger partial charge in [0.05, 0.1) is 19.3 Å². The van der Waals surface area contributed by atoms with Crippen molar-refractivity contribution in [2.45, 2.75) is 50.9 Å². The van der Waals surface area contributed by atoms with E-state index in [9.17, 15) is 0 Å². The first-order chi connectivity index (χ1) is 7.93. The zero-order chi connectivity index (χ0) is 10.8. The van der Waals surface area contributed by atoms with Crippen molar-refractivity contribution in [3.63, 3.8) is 0 Å². The summed E-state index contributed by atoms with van der Waals surface area (Å²) in [5.41, 5.74) is 0. The summed E-state index contributed by atoms with van der Waals surface area (Å²) in [6, 6.07) is 0. The van der Waals surface area contributed by atoms with Crippen LogP contribution in [-0.4, -0.2) is 32.2 Å². The van der Waals surface area contributed by atoms with Crippen molar-refractivity contribution in [1.29, 1.82) is 0 Å². The molecule has 2 aliphatic heterocycles. The Bertz CT molecular complexity index is 225. The molecule has 0 N–H and O–H groups in total. The smallest absolute Gasteiger partial charge is 0.157 e. The lowest BCUT2D eigenvalue weighted by atomic mass is 9.75. The van der Waals surface area contributed by atoms with Gasteiger partial charge in [-0.1, -0.05) is 6.42 Å². The second-order valence-corrected chi connectivity index (χ2v) is 5.30. The fourth-order valence-electron chi connectivity index (χ4n) is 3.58. The van der Waals surface area contributed by atoms with Crippen LogP contribution in [0.15, 0.2) is 0 Å². The Morgan fingerprint density at radius 1 is 0.812 bits per heavy atom. The van der Waals surface area contributed by atoms with E-state index in [1.165, 1.54) is 32.1 Å². The SMILES string of the molecule is C1C[C@H](CCC2OCCO2)[C@@H]2CCO[C@@H]2C1. The van der Waals surface area contributed by atoms with Gasteiger partial charge in [-0.2, -0.15) is 0 Å². The highest BCUT2D eigenvalue weighted by Crippen LogP contribution is 2.41. The van der Waals surface area contributed by atoms with Crippen molar-refractivity contribution in [3.05, 3.63) is 0 Å². The van der Waals surface area contributed by atoms with Crippen molar-refractivity contribution in [3.8, 4) is 0 Å². The van der Waals surface area contributed by atoms with Gasteiger partial charge in [0.1, 0.15) is 0 Å². The van der Waals surface area contributed by atoms with Gasteiger partial charge in [-0.3, -0.25) is 0 Å². The highest BCUT2D eigenvalue weighted by atomic mass is 16.7. The highest BCUT2D eigenvalue weighted by molar-refractivity contribution is 4.86. The predicted octanol–water partition coefficient (Wildman–Crippen LogP) is 2.34. The number of ether oxygens (including phenoxy) is 3. The van der Waals surface area contributed by atoms with Gasteiger partial charge < -0.3 is 14.2 Å². The number of fused-ring (bicyclic) bond motifs is 1. The molecule has 3 rings (SSSR count). The van der Waals surface area contributed by atoms with Gasteiger partial charge in [0.15, 0.2) is 6.29 Å². The molecule has 0 aromatic carbocycles. The third kappa shape index (κ3) is 2.27. The van der Waals surface area contributed by atoms with E-state index in [1.807, 2.05) is 0 Å². The summed E-state index contributed by atoms with van der Waals surface area (Å²) in [5, 5.41) is 0. The van der Waals surface area contributed by atoms with Crippen LogP contribution >= 0.6 is 0 Å². The van der Waals surface area contributed by atoms with E-state index in [-0.39, 0.29) is 6.29 Å². The molecule has 0 unspecified atom stereocenters. The summed E-state index contributed by atoms with van der Waals surface area (Å²) in [7, 11) is 0. The minimum Gasteiger partial charge on any atom is -0.378 e. The van der Waals surface area contributed by atoms with E-state index >= 15 is 0 Å². The lowest BCUT2D eigenvalue weighted by molar-refractivity contribution is -0.0545. The van der Waals surface area contributed by atoms with E-state index in [2.05, 4.69) is 0 Å². The highest BCUT2D eigenvalue weighted by Gasteiger charge is 2.37. The van der Waals surface area contributed by atoms with Gasteiger partial charge in [0.25, 0.3) is 0 Å². The van der Waals surface area contributed by atoms with E-state index in [0.29, 0.717) is 6.10 Å². The van der Waals surface area contributed by atoms with Crippen molar-refractivity contribution in [2.24, 2.45) is 11.8 Å². The zero-order valence-electron chi connectivity index (χ0n) is 9.90. The summed E-state index contributed by atoms with van der Waals surface area (Å²) in [6.45, 7) is 2.55. The molecule has 0 bridgehead atoms. The Morgan fingerprint density at radius 3 is 2.56 bits per heavy atom. The van der Waals surface area contributed by atoms with Gasteiger partial charge in [-0.05, 0) is 43.9 Å². The molecule has 16 heavy (non-hydrogen) atoms. The van der Waals surface area contributed by atoms with Crippen LogP contribution in [-0.2, 0) is 14.2 Å². The Balaban J connectivity index is 1.49. The second-order valence-electron chi connectivity index (χ2n) is 5.30. The van der Waals surface area contributed by atoms with Crippen molar-refractivity contribution < 1.29 is 14.2 Å². The molecule has 2 heterocycles. The minimum absolute atomic E-state index is 0.0858. The predicted molar refractivity (Wildman–Crippen MR) is 60.1 cm³/mol. The summed E-state index contributed by atoms with van der Waals surface area (Å²) >= 11 is 0. The van der Waals surface area contributed by atoms with Crippen LogP contribution in [0.1, 0.15) is 38.5 Å². The van der Waals surface area contributed by atoms with Gasteiger partial charge in [-0.15, -0.1) is 0 Å². The molecule has 3 heteroatoms. The summed E-state index contributed by atoms with van der Waals surface area (Å²) in [6.07, 6.45) is 8.30. The number of hydrogen-bond acceptors (Lipinski definition) is 3. The first kappa shape index (κ1) is 11.0. The molecular weight excluding hydrogens is 204 g/mol. The lowest BCUT2D eigenvalue weighted by Gasteiger charge is -2.33. The van der Waals surface area contributed by atoms with Gasteiger partial charge >= 0.3 is 0 Å². The van der Waals surface area contributed by atoms with E-state index in [4.69, 9.17) is 14.2 Å². The maximum absolute atomic E-state index is 5.80. The fraction of sp³-hybridized carbons (Fsp3) is 1.00. The molecule has 0 radical (unpaired) electrons. The average molecular weight is 226 g/mol. The van der Waals surface area contributed by atoms with Crippen LogP contribution < -0.4 is 0 Å². The Morgan fingerprint density at radius 2 is 1.69 bits per heavy atom. The molecule has 3 fully saturated rings. The van der Waals surface area contributed by atoms with E-state index in [0.717, 1.165) is 38.1 Å². The van der Waals surface area contributed by atoms with Crippen LogP contribution in [0, 0.1) is 11.8 Å². The summed E-state index contributed by atoms with van der Waals surface area (Å²) < 4.78 is 16.8. The molecule has 92 valence electrons. The summed E-state index contributed by atoms with van der Waals surface area (Å²) in [4.78, 5) is 0. The molecular formula is C13H22O3. The molecule has 1 saturated carbocycles. The Labute approximate surface area is 97.4 Å². The number of rotatable bonds is 3. The van der Waals surface area contributed by atoms with Gasteiger partial charge in [-0.25, -0.2) is 0 Å². The monoisotopic (exact) mass is 226 g/mol. The Hall–Kier alpha value is -0.120. The Kier molecular flexibility index (Phi) is 3.46. The topological polar surface area (TPSA) is 27.7 Å². The summed E-state index contributed by atoms with van der Waals surface area (Å²) in [5.74, 6) is 1.68. The van der Waals surface area contributed by atoms with Crippen LogP contribution in [0.4, 0.5) is 0 Å². The fourth-order valence-corrected chi connectivity index (χ4v) is 3.58. The van der Waals surface area contributed by atoms with Crippen molar-refractivity contribution in [1.82, 2.24) is 0 Å². The normalized spacial score (nSPS) is 40.1. The van der Waals surface area contributed by atoms with Crippen LogP contribution in [0.5, 0.6) is 0 Å². The zero-order valence-corrected chi connectivity index (χ0v) is 9.90. The molecule has 0 aromatic rings. The maximum Gasteiger partial charge on any atom is 0.157 e. The molecule has 3 atom stereocenters. The molecule has 1 aliphatic carbocycles. The lowest BCUT2D eigenvalue weighted by Crippen LogP contribution is -2.29. The minimum atomic E-state index is 0.0858. The molecule has 3 aliphatic rings. The van der Waals surface area contributed by atoms with E-state index in [1.54, 1.807) is 0 Å². The van der Waals surface area contributed by atoms with Gasteiger partial charge in [0.2, 0.25) is 0 Å². The molecule has 0 amide bonds. The first-order valence-electron chi connectivity index (χ1n) is 6.78. The molecule has 0 spiro atoms. The quantitative estimate of drug-likeness (QED) is 0.739. The van der Waals surface area contributed by atoms with Crippen molar-refractivity contribution in [2.75, 3.05) is 19.8 Å². The van der Waals surface area contributed by atoms with Crippen molar-refractivity contribution >= 4 is 0 Å². The van der Waals surface area contributed by atoms with Gasteiger partial charge in [0, 0.05) is 6.61 Å². The largest absolute Gasteiger partial charge is 0.378 e. The standard InChI is InChI=1S/C13H22O3/c1-2-10(4-5-13-15-8-9-16-13)11-6-7-14-12(11)3-1/h10-13H,1-9H2/t10-,11+,12-/m1/s1. The third-order valence-corrected chi connectivity index (χ3v) is 4.39. The number of hydrogen-bond donors (Lipinski definition) is 0. The maximum atomic E-state index is 5.80. The molecule has 3 nitrogen and oxygen atoms in total. The first-order valence-corrected chi connectivity index (χ1v) is 6.78. The molecule has 2 saturated heterocycles. The van der Waals surface area contributed by atoms with E-state index < -0.39 is 0 Å². The second kappa shape index (κ2) is 5.03.